The summed E-state index contributed by atoms with van der Waals surface area (Å²) in [6.45, 7) is 16.1. The molecule has 1 aliphatic rings. The van der Waals surface area contributed by atoms with Crippen LogP contribution in [0.1, 0.15) is 64.6 Å². The van der Waals surface area contributed by atoms with Crippen LogP contribution in [0.5, 0.6) is 0 Å². The van der Waals surface area contributed by atoms with Crippen molar-refractivity contribution in [2.75, 3.05) is 23.3 Å². The van der Waals surface area contributed by atoms with Crippen LogP contribution in [0.2, 0.25) is 0 Å². The van der Waals surface area contributed by atoms with E-state index >= 15 is 0 Å². The van der Waals surface area contributed by atoms with Crippen LogP contribution in [0.3, 0.4) is 0 Å². The summed E-state index contributed by atoms with van der Waals surface area (Å²) in [7, 11) is 0. The Morgan fingerprint density at radius 3 is 2.53 bits per heavy atom. The lowest BCUT2D eigenvalue weighted by Crippen LogP contribution is -2.36. The second-order valence-corrected chi connectivity index (χ2v) is 11.4. The van der Waals surface area contributed by atoms with Gasteiger partial charge in [-0.2, -0.15) is 9.97 Å². The predicted molar refractivity (Wildman–Crippen MR) is 146 cm³/mol. The first kappa shape index (κ1) is 24.3. The second kappa shape index (κ2) is 9.56. The average Bonchev–Trinajstić information content (AvgIpc) is 3.50. The van der Waals surface area contributed by atoms with E-state index in [9.17, 15) is 0 Å². The van der Waals surface area contributed by atoms with E-state index in [0.29, 0.717) is 5.92 Å². The third-order valence-electron chi connectivity index (χ3n) is 7.26. The molecule has 8 heteroatoms. The van der Waals surface area contributed by atoms with Crippen molar-refractivity contribution in [2.45, 2.75) is 72.4 Å². The van der Waals surface area contributed by atoms with E-state index in [4.69, 9.17) is 9.97 Å². The fourth-order valence-corrected chi connectivity index (χ4v) is 4.91. The van der Waals surface area contributed by atoms with Gasteiger partial charge in [0, 0.05) is 43.8 Å². The number of rotatable bonds is 6. The van der Waals surface area contributed by atoms with Crippen molar-refractivity contribution in [1.29, 1.82) is 0 Å². The number of nitrogens with one attached hydrogen (secondary N) is 1. The molecule has 0 atom stereocenters. The minimum absolute atomic E-state index is 0.0665. The lowest BCUT2D eigenvalue weighted by molar-refractivity contribution is 0.355. The number of piperidine rings is 1. The van der Waals surface area contributed by atoms with Crippen molar-refractivity contribution in [3.05, 3.63) is 54.4 Å². The summed E-state index contributed by atoms with van der Waals surface area (Å²) >= 11 is 0. The molecule has 0 spiro atoms. The maximum absolute atomic E-state index is 5.10. The highest BCUT2D eigenvalue weighted by Gasteiger charge is 2.24. The molecule has 4 heterocycles. The summed E-state index contributed by atoms with van der Waals surface area (Å²) in [4.78, 5) is 21.2. The molecule has 36 heavy (non-hydrogen) atoms. The van der Waals surface area contributed by atoms with Crippen LogP contribution in [0.4, 0.5) is 17.5 Å². The van der Waals surface area contributed by atoms with Crippen molar-refractivity contribution >= 4 is 28.6 Å². The molecule has 1 N–H and O–H groups in total. The Kier molecular flexibility index (Phi) is 6.45. The highest BCUT2D eigenvalue weighted by molar-refractivity contribution is 5.87. The molecule has 8 nitrogen and oxygen atoms in total. The molecule has 1 aromatic carbocycles. The van der Waals surface area contributed by atoms with Crippen LogP contribution in [0.15, 0.2) is 43.2 Å². The van der Waals surface area contributed by atoms with Gasteiger partial charge in [-0.3, -0.25) is 0 Å². The topological polar surface area (TPSA) is 76.7 Å². The summed E-state index contributed by atoms with van der Waals surface area (Å²) in [6.07, 6.45) is 9.90. The molecular formula is C28H38N8. The number of aromatic nitrogens is 6. The summed E-state index contributed by atoms with van der Waals surface area (Å²) in [6, 6.07) is 6.91. The number of fused-ring (bicyclic) bond motifs is 1. The van der Waals surface area contributed by atoms with Crippen LogP contribution in [0, 0.1) is 12.8 Å². The minimum Gasteiger partial charge on any atom is -0.341 e. The van der Waals surface area contributed by atoms with Crippen molar-refractivity contribution in [2.24, 2.45) is 5.92 Å². The Balaban J connectivity index is 1.46. The third-order valence-corrected chi connectivity index (χ3v) is 7.26. The van der Waals surface area contributed by atoms with Gasteiger partial charge in [0.1, 0.15) is 5.52 Å². The third kappa shape index (κ3) is 4.94. The van der Waals surface area contributed by atoms with E-state index in [1.165, 1.54) is 11.1 Å². The molecule has 0 unspecified atom stereocenters. The highest BCUT2D eigenvalue weighted by Crippen LogP contribution is 2.33. The van der Waals surface area contributed by atoms with Gasteiger partial charge in [0.25, 0.3) is 0 Å². The molecule has 0 radical (unpaired) electrons. The molecular weight excluding hydrogens is 448 g/mol. The quantitative estimate of drug-likeness (QED) is 0.367. The Labute approximate surface area is 213 Å². The average molecular weight is 487 g/mol. The van der Waals surface area contributed by atoms with E-state index in [-0.39, 0.29) is 11.5 Å². The Hall–Kier alpha value is -3.42. The lowest BCUT2D eigenvalue weighted by Gasteiger charge is -2.32. The molecule has 1 aliphatic heterocycles. The smallest absolute Gasteiger partial charge is 0.229 e. The van der Waals surface area contributed by atoms with Crippen LogP contribution in [-0.2, 0) is 12.0 Å². The van der Waals surface area contributed by atoms with Gasteiger partial charge in [0.2, 0.25) is 5.95 Å². The van der Waals surface area contributed by atoms with Crippen LogP contribution in [-0.4, -0.2) is 42.2 Å². The molecule has 4 aromatic rings. The number of aryl methyl sites for hydroxylation is 1. The van der Waals surface area contributed by atoms with Crippen LogP contribution >= 0.6 is 0 Å². The molecule has 1 fully saturated rings. The first-order valence-electron chi connectivity index (χ1n) is 13.0. The number of anilines is 3. The first-order valence-corrected chi connectivity index (χ1v) is 13.0. The molecule has 0 amide bonds. The molecule has 3 aromatic heterocycles. The number of hydrogen-bond acceptors (Lipinski definition) is 6. The van der Waals surface area contributed by atoms with Gasteiger partial charge in [0.05, 0.1) is 12.7 Å². The Morgan fingerprint density at radius 1 is 1.08 bits per heavy atom. The molecule has 0 aliphatic carbocycles. The van der Waals surface area contributed by atoms with Gasteiger partial charge in [-0.05, 0) is 62.1 Å². The van der Waals surface area contributed by atoms with Crippen LogP contribution in [0.25, 0.3) is 11.2 Å². The van der Waals surface area contributed by atoms with E-state index in [1.807, 2.05) is 25.0 Å². The summed E-state index contributed by atoms with van der Waals surface area (Å²) < 4.78 is 4.33. The van der Waals surface area contributed by atoms with Gasteiger partial charge < -0.3 is 19.4 Å². The Morgan fingerprint density at radius 2 is 1.86 bits per heavy atom. The molecule has 5 rings (SSSR count). The maximum Gasteiger partial charge on any atom is 0.229 e. The zero-order valence-electron chi connectivity index (χ0n) is 22.4. The monoisotopic (exact) mass is 486 g/mol. The van der Waals surface area contributed by atoms with E-state index in [2.05, 4.69) is 89.1 Å². The van der Waals surface area contributed by atoms with Gasteiger partial charge in [-0.15, -0.1) is 0 Å². The molecule has 1 saturated heterocycles. The van der Waals surface area contributed by atoms with Gasteiger partial charge in [0.15, 0.2) is 11.5 Å². The van der Waals surface area contributed by atoms with Gasteiger partial charge >= 0.3 is 0 Å². The normalized spacial score (nSPS) is 15.2. The summed E-state index contributed by atoms with van der Waals surface area (Å²) in [5.41, 5.74) is 5.30. The second-order valence-electron chi connectivity index (χ2n) is 11.4. The number of imidazole rings is 2. The van der Waals surface area contributed by atoms with Gasteiger partial charge in [-0.1, -0.05) is 32.9 Å². The largest absolute Gasteiger partial charge is 0.341 e. The molecule has 0 bridgehead atoms. The standard InChI is InChI=1S/C28H38N8/c1-19(2)36-18-30-25-24(36)26(31-23-15-22(28(4,5)6)8-7-20(23)3)33-27(32-25)35-12-9-21(10-13-35)16-34-14-11-29-17-34/h7-8,11,14-15,17-19,21H,9-10,12-13,16H2,1-6H3,(H,31,32,33). The van der Waals surface area contributed by atoms with Crippen molar-refractivity contribution in [1.82, 2.24) is 29.1 Å². The lowest BCUT2D eigenvalue weighted by atomic mass is 9.86. The molecule has 0 saturated carbocycles. The van der Waals surface area contributed by atoms with Crippen molar-refractivity contribution < 1.29 is 0 Å². The van der Waals surface area contributed by atoms with Crippen molar-refractivity contribution in [3.8, 4) is 0 Å². The van der Waals surface area contributed by atoms with E-state index in [0.717, 1.165) is 61.1 Å². The fraction of sp³-hybridized carbons (Fsp3) is 0.500. The minimum atomic E-state index is 0.0665. The van der Waals surface area contributed by atoms with E-state index < -0.39 is 0 Å². The molecule has 190 valence electrons. The fourth-order valence-electron chi connectivity index (χ4n) is 4.91. The zero-order chi connectivity index (χ0) is 25.4. The van der Waals surface area contributed by atoms with E-state index in [1.54, 1.807) is 0 Å². The number of nitrogens with zero attached hydrogens (tertiary/aromatic N) is 7. The zero-order valence-corrected chi connectivity index (χ0v) is 22.4. The SMILES string of the molecule is Cc1ccc(C(C)(C)C)cc1Nc1nc(N2CCC(Cn3ccnc3)CC2)nc2ncn(C(C)C)c12. The Bertz CT molecular complexity index is 1320. The van der Waals surface area contributed by atoms with Gasteiger partial charge in [-0.25, -0.2) is 9.97 Å². The van der Waals surface area contributed by atoms with Crippen molar-refractivity contribution in [3.63, 3.8) is 0 Å². The van der Waals surface area contributed by atoms with Crippen LogP contribution < -0.4 is 10.2 Å². The maximum atomic E-state index is 5.10. The first-order chi connectivity index (χ1) is 17.2. The summed E-state index contributed by atoms with van der Waals surface area (Å²) in [5.74, 6) is 2.21. The predicted octanol–water partition coefficient (Wildman–Crippen LogP) is 5.87. The number of hydrogen-bond donors (Lipinski definition) is 1. The highest BCUT2D eigenvalue weighted by atomic mass is 15.3. The number of benzene rings is 1. The summed E-state index contributed by atoms with van der Waals surface area (Å²) in [5, 5.41) is 3.68.